The van der Waals surface area contributed by atoms with Gasteiger partial charge in [0.1, 0.15) is 17.0 Å². The lowest BCUT2D eigenvalue weighted by molar-refractivity contribution is 0.0635. The highest BCUT2D eigenvalue weighted by Crippen LogP contribution is 2.29. The van der Waals surface area contributed by atoms with Gasteiger partial charge in [0.2, 0.25) is 0 Å². The topological polar surface area (TPSA) is 88.5 Å². The first-order valence-electron chi connectivity index (χ1n) is 6.52. The van der Waals surface area contributed by atoms with Gasteiger partial charge in [-0.05, 0) is 51.2 Å². The Bertz CT molecular complexity index is 561. The van der Waals surface area contributed by atoms with Crippen molar-refractivity contribution in [2.24, 2.45) is 0 Å². The van der Waals surface area contributed by atoms with Crippen molar-refractivity contribution in [1.82, 2.24) is 4.98 Å². The Labute approximate surface area is 117 Å². The van der Waals surface area contributed by atoms with E-state index < -0.39 is 17.7 Å². The van der Waals surface area contributed by atoms with Crippen LogP contribution < -0.4 is 5.32 Å². The molecule has 0 saturated heterocycles. The van der Waals surface area contributed by atoms with E-state index in [9.17, 15) is 14.7 Å². The Morgan fingerprint density at radius 1 is 1.35 bits per heavy atom. The Balaban J connectivity index is 2.29. The number of aryl methyl sites for hydroxylation is 1. The number of aromatic nitrogens is 1. The number of hydrogen-bond donors (Lipinski definition) is 2. The highest BCUT2D eigenvalue weighted by atomic mass is 16.6. The quantitative estimate of drug-likeness (QED) is 0.868. The molecule has 0 aliphatic heterocycles. The summed E-state index contributed by atoms with van der Waals surface area (Å²) in [6, 6.07) is 0. The number of pyridine rings is 1. The molecule has 1 aromatic heterocycles. The Morgan fingerprint density at radius 2 is 2.05 bits per heavy atom. The highest BCUT2D eigenvalue weighted by Gasteiger charge is 2.25. The fraction of sp³-hybridized carbons (Fsp3) is 0.500. The van der Waals surface area contributed by atoms with Crippen molar-refractivity contribution in [2.75, 3.05) is 5.32 Å². The number of nitrogens with one attached hydrogen (secondary N) is 1. The van der Waals surface area contributed by atoms with Crippen molar-refractivity contribution < 1.29 is 19.4 Å². The number of aromatic carboxylic acids is 1. The third kappa shape index (κ3) is 3.07. The van der Waals surface area contributed by atoms with E-state index in [1.807, 2.05) is 0 Å². The van der Waals surface area contributed by atoms with Crippen LogP contribution in [0.4, 0.5) is 10.6 Å². The summed E-state index contributed by atoms with van der Waals surface area (Å²) in [4.78, 5) is 27.2. The van der Waals surface area contributed by atoms with E-state index in [0.717, 1.165) is 24.0 Å². The van der Waals surface area contributed by atoms with Crippen LogP contribution in [0.1, 0.15) is 48.7 Å². The summed E-state index contributed by atoms with van der Waals surface area (Å²) in [6.07, 6.45) is 3.36. The SMILES string of the molecule is CC(C)(C)OC(=O)Nc1ncc2c(c1C(=O)O)CCC2. The van der Waals surface area contributed by atoms with Gasteiger partial charge in [0.05, 0.1) is 0 Å². The molecule has 1 amide bonds. The van der Waals surface area contributed by atoms with Crippen LogP contribution >= 0.6 is 0 Å². The lowest BCUT2D eigenvalue weighted by Crippen LogP contribution is -2.28. The van der Waals surface area contributed by atoms with Crippen LogP contribution in [0.15, 0.2) is 6.20 Å². The fourth-order valence-electron chi connectivity index (χ4n) is 2.27. The normalized spacial score (nSPS) is 13.8. The van der Waals surface area contributed by atoms with Crippen LogP contribution in [0.2, 0.25) is 0 Å². The molecule has 108 valence electrons. The van der Waals surface area contributed by atoms with Gasteiger partial charge in [-0.15, -0.1) is 0 Å². The van der Waals surface area contributed by atoms with Crippen molar-refractivity contribution in [3.8, 4) is 0 Å². The van der Waals surface area contributed by atoms with Crippen LogP contribution in [-0.2, 0) is 17.6 Å². The van der Waals surface area contributed by atoms with E-state index in [1.54, 1.807) is 27.0 Å². The van der Waals surface area contributed by atoms with Crippen molar-refractivity contribution in [2.45, 2.75) is 45.6 Å². The third-order valence-electron chi connectivity index (χ3n) is 2.98. The van der Waals surface area contributed by atoms with Crippen molar-refractivity contribution in [1.29, 1.82) is 0 Å². The van der Waals surface area contributed by atoms with Gasteiger partial charge in [-0.3, -0.25) is 5.32 Å². The maximum Gasteiger partial charge on any atom is 0.413 e. The number of rotatable bonds is 2. The Hall–Kier alpha value is -2.11. The predicted octanol–water partition coefficient (Wildman–Crippen LogP) is 2.62. The number of carboxylic acid groups (broad SMARTS) is 1. The number of carbonyl (C=O) groups excluding carboxylic acids is 1. The van der Waals surface area contributed by atoms with E-state index in [1.165, 1.54) is 0 Å². The lowest BCUT2D eigenvalue weighted by Gasteiger charge is -2.20. The van der Waals surface area contributed by atoms with Gasteiger partial charge in [0, 0.05) is 6.20 Å². The summed E-state index contributed by atoms with van der Waals surface area (Å²) in [6.45, 7) is 5.21. The number of carbonyl (C=O) groups is 2. The van der Waals surface area contributed by atoms with Crippen LogP contribution in [0.5, 0.6) is 0 Å². The molecular formula is C14H18N2O4. The summed E-state index contributed by atoms with van der Waals surface area (Å²) in [5.41, 5.74) is 1.13. The maximum absolute atomic E-state index is 11.7. The molecule has 0 spiro atoms. The molecule has 6 nitrogen and oxygen atoms in total. The first-order chi connectivity index (χ1) is 9.28. The summed E-state index contributed by atoms with van der Waals surface area (Å²) in [5, 5.41) is 11.8. The molecule has 1 aromatic rings. The molecule has 2 rings (SSSR count). The van der Waals surface area contributed by atoms with Crippen LogP contribution in [0, 0.1) is 0 Å². The highest BCUT2D eigenvalue weighted by molar-refractivity contribution is 5.99. The van der Waals surface area contributed by atoms with E-state index in [-0.39, 0.29) is 11.4 Å². The molecule has 0 bridgehead atoms. The van der Waals surface area contributed by atoms with Crippen molar-refractivity contribution in [3.63, 3.8) is 0 Å². The second-order valence-electron chi connectivity index (χ2n) is 5.77. The van der Waals surface area contributed by atoms with Crippen molar-refractivity contribution >= 4 is 17.9 Å². The average Bonchev–Trinajstić information content (AvgIpc) is 2.73. The van der Waals surface area contributed by atoms with Gasteiger partial charge in [-0.25, -0.2) is 14.6 Å². The molecule has 0 fully saturated rings. The third-order valence-corrected chi connectivity index (χ3v) is 2.98. The van der Waals surface area contributed by atoms with Crippen molar-refractivity contribution in [3.05, 3.63) is 22.9 Å². The number of anilines is 1. The second-order valence-corrected chi connectivity index (χ2v) is 5.77. The molecular weight excluding hydrogens is 260 g/mol. The Morgan fingerprint density at radius 3 is 2.65 bits per heavy atom. The molecule has 0 saturated carbocycles. The maximum atomic E-state index is 11.7. The smallest absolute Gasteiger partial charge is 0.413 e. The molecule has 2 N–H and O–H groups in total. The van der Waals surface area contributed by atoms with Gasteiger partial charge in [-0.1, -0.05) is 0 Å². The number of fused-ring (bicyclic) bond motifs is 1. The van der Waals surface area contributed by atoms with Crippen LogP contribution in [-0.4, -0.2) is 27.8 Å². The monoisotopic (exact) mass is 278 g/mol. The summed E-state index contributed by atoms with van der Waals surface area (Å²) in [7, 11) is 0. The van der Waals surface area contributed by atoms with Crippen LogP contribution in [0.25, 0.3) is 0 Å². The summed E-state index contributed by atoms with van der Waals surface area (Å²) >= 11 is 0. The molecule has 20 heavy (non-hydrogen) atoms. The van der Waals surface area contributed by atoms with Crippen LogP contribution in [0.3, 0.4) is 0 Å². The molecule has 1 aliphatic carbocycles. The van der Waals surface area contributed by atoms with Gasteiger partial charge in [0.25, 0.3) is 0 Å². The van der Waals surface area contributed by atoms with Gasteiger partial charge < -0.3 is 9.84 Å². The summed E-state index contributed by atoms with van der Waals surface area (Å²) < 4.78 is 5.11. The molecule has 1 heterocycles. The molecule has 0 radical (unpaired) electrons. The minimum Gasteiger partial charge on any atom is -0.478 e. The molecule has 0 atom stereocenters. The molecule has 0 aromatic carbocycles. The molecule has 0 unspecified atom stereocenters. The lowest BCUT2D eigenvalue weighted by atomic mass is 10.1. The van der Waals surface area contributed by atoms with E-state index in [2.05, 4.69) is 10.3 Å². The minimum atomic E-state index is -1.08. The fourth-order valence-corrected chi connectivity index (χ4v) is 2.27. The zero-order chi connectivity index (χ0) is 14.9. The van der Waals surface area contributed by atoms with Gasteiger partial charge in [0.15, 0.2) is 0 Å². The molecule has 1 aliphatic rings. The standard InChI is InChI=1S/C14H18N2O4/c1-14(2,3)20-13(19)16-11-10(12(17)18)9-6-4-5-8(9)7-15-11/h7H,4-6H2,1-3H3,(H,17,18)(H,15,16,19). The first kappa shape index (κ1) is 14.3. The number of carboxylic acids is 1. The average molecular weight is 278 g/mol. The van der Waals surface area contributed by atoms with E-state index in [4.69, 9.17) is 4.74 Å². The Kier molecular flexibility index (Phi) is 3.65. The zero-order valence-electron chi connectivity index (χ0n) is 11.8. The minimum absolute atomic E-state index is 0.0485. The van der Waals surface area contributed by atoms with Gasteiger partial charge >= 0.3 is 12.1 Å². The number of nitrogens with zero attached hydrogens (tertiary/aromatic N) is 1. The predicted molar refractivity (Wildman–Crippen MR) is 73.1 cm³/mol. The summed E-state index contributed by atoms with van der Waals surface area (Å²) in [5.74, 6) is -1.03. The number of ether oxygens (including phenoxy) is 1. The largest absolute Gasteiger partial charge is 0.478 e. The second kappa shape index (κ2) is 5.11. The van der Waals surface area contributed by atoms with E-state index in [0.29, 0.717) is 6.42 Å². The number of amides is 1. The zero-order valence-corrected chi connectivity index (χ0v) is 11.8. The number of hydrogen-bond acceptors (Lipinski definition) is 4. The molecule has 6 heteroatoms. The van der Waals surface area contributed by atoms with E-state index >= 15 is 0 Å². The first-order valence-corrected chi connectivity index (χ1v) is 6.52. The van der Waals surface area contributed by atoms with Gasteiger partial charge in [-0.2, -0.15) is 0 Å².